The number of amides is 1. The number of carbonyl (C=O) groups excluding carboxylic acids is 1. The fourth-order valence-electron chi connectivity index (χ4n) is 3.02. The third kappa shape index (κ3) is 4.00. The molecule has 1 aromatic carbocycles. The number of aromatic nitrogens is 1. The van der Waals surface area contributed by atoms with Crippen LogP contribution >= 0.6 is 11.3 Å². The lowest BCUT2D eigenvalue weighted by molar-refractivity contribution is 0.0938. The van der Waals surface area contributed by atoms with E-state index in [0.29, 0.717) is 12.2 Å². The first-order chi connectivity index (χ1) is 12.3. The van der Waals surface area contributed by atoms with Crippen LogP contribution in [0.4, 0.5) is 0 Å². The molecule has 0 saturated heterocycles. The van der Waals surface area contributed by atoms with Crippen molar-refractivity contribution in [3.05, 3.63) is 57.9 Å². The number of likely N-dealkylation sites (N-methyl/N-ethyl adjacent to an activating group) is 1. The third-order valence-electron chi connectivity index (χ3n) is 4.68. The van der Waals surface area contributed by atoms with Crippen molar-refractivity contribution >= 4 is 28.1 Å². The first-order valence-electron chi connectivity index (χ1n) is 8.87. The van der Waals surface area contributed by atoms with Gasteiger partial charge in [0.2, 0.25) is 0 Å². The van der Waals surface area contributed by atoms with Crippen molar-refractivity contribution in [3.63, 3.8) is 0 Å². The number of H-pyrrole nitrogens is 1. The Bertz CT molecular complexity index is 888. The number of hydrogen-bond donors (Lipinski definition) is 2. The number of hydrogen-bond acceptors (Lipinski definition) is 3. The molecule has 0 spiro atoms. The van der Waals surface area contributed by atoms with E-state index in [4.69, 9.17) is 0 Å². The SMILES string of the molecule is CN(C)C(CNC(=O)c1cc2ccc(C(C)(C)C)cc2[nH]1)c1cccs1. The van der Waals surface area contributed by atoms with E-state index in [1.54, 1.807) is 11.3 Å². The average molecular weight is 370 g/mol. The molecule has 3 rings (SSSR count). The summed E-state index contributed by atoms with van der Waals surface area (Å²) in [4.78, 5) is 19.3. The highest BCUT2D eigenvalue weighted by molar-refractivity contribution is 7.10. The number of nitrogens with zero attached hydrogens (tertiary/aromatic N) is 1. The second-order valence-corrected chi connectivity index (χ2v) is 8.92. The van der Waals surface area contributed by atoms with Gasteiger partial charge in [-0.3, -0.25) is 4.79 Å². The molecule has 3 aromatic rings. The van der Waals surface area contributed by atoms with E-state index in [0.717, 1.165) is 10.9 Å². The van der Waals surface area contributed by atoms with Crippen molar-refractivity contribution < 1.29 is 4.79 Å². The molecule has 1 amide bonds. The fourth-order valence-corrected chi connectivity index (χ4v) is 3.94. The van der Waals surface area contributed by atoms with E-state index in [-0.39, 0.29) is 17.4 Å². The molecule has 4 nitrogen and oxygen atoms in total. The molecule has 1 unspecified atom stereocenters. The van der Waals surface area contributed by atoms with Gasteiger partial charge in [0.05, 0.1) is 6.04 Å². The minimum absolute atomic E-state index is 0.0677. The molecule has 0 saturated carbocycles. The first-order valence-corrected chi connectivity index (χ1v) is 9.75. The van der Waals surface area contributed by atoms with Gasteiger partial charge in [-0.25, -0.2) is 0 Å². The van der Waals surface area contributed by atoms with Crippen LogP contribution in [0.3, 0.4) is 0 Å². The van der Waals surface area contributed by atoms with Crippen LogP contribution in [0, 0.1) is 0 Å². The molecule has 0 radical (unpaired) electrons. The Morgan fingerprint density at radius 3 is 2.62 bits per heavy atom. The topological polar surface area (TPSA) is 48.1 Å². The minimum Gasteiger partial charge on any atom is -0.351 e. The number of carbonyl (C=O) groups is 1. The Balaban J connectivity index is 1.75. The Labute approximate surface area is 159 Å². The summed E-state index contributed by atoms with van der Waals surface area (Å²) < 4.78 is 0. The highest BCUT2D eigenvalue weighted by Crippen LogP contribution is 2.26. The number of benzene rings is 1. The molecule has 26 heavy (non-hydrogen) atoms. The maximum atomic E-state index is 12.6. The number of rotatable bonds is 5. The van der Waals surface area contributed by atoms with Gasteiger partial charge in [-0.15, -0.1) is 11.3 Å². The standard InChI is InChI=1S/C21H27N3OS/c1-21(2,3)15-9-8-14-11-17(23-16(14)12-15)20(25)22-13-18(24(4)5)19-7-6-10-26-19/h6-12,18,23H,13H2,1-5H3,(H,22,25). The van der Waals surface area contributed by atoms with Crippen LogP contribution in [0.1, 0.15) is 47.7 Å². The zero-order valence-corrected chi connectivity index (χ0v) is 16.9. The summed E-state index contributed by atoms with van der Waals surface area (Å²) in [5, 5.41) is 6.20. The van der Waals surface area contributed by atoms with Crippen molar-refractivity contribution in [1.82, 2.24) is 15.2 Å². The first kappa shape index (κ1) is 18.7. The zero-order valence-electron chi connectivity index (χ0n) is 16.1. The molecule has 0 bridgehead atoms. The highest BCUT2D eigenvalue weighted by Gasteiger charge is 2.18. The summed E-state index contributed by atoms with van der Waals surface area (Å²) in [7, 11) is 4.07. The molecule has 2 aromatic heterocycles. The monoisotopic (exact) mass is 369 g/mol. The van der Waals surface area contributed by atoms with E-state index >= 15 is 0 Å². The van der Waals surface area contributed by atoms with E-state index in [2.05, 4.69) is 65.6 Å². The number of nitrogens with one attached hydrogen (secondary N) is 2. The summed E-state index contributed by atoms with van der Waals surface area (Å²) in [5.41, 5.74) is 2.95. The van der Waals surface area contributed by atoms with Crippen LogP contribution in [0.15, 0.2) is 41.8 Å². The summed E-state index contributed by atoms with van der Waals surface area (Å²) in [6.45, 7) is 7.15. The maximum absolute atomic E-state index is 12.6. The van der Waals surface area contributed by atoms with Gasteiger partial charge in [-0.05, 0) is 48.7 Å². The molecule has 0 aliphatic rings. The van der Waals surface area contributed by atoms with Crippen LogP contribution in [0.25, 0.3) is 10.9 Å². The quantitative estimate of drug-likeness (QED) is 0.693. The van der Waals surface area contributed by atoms with Crippen molar-refractivity contribution in [2.45, 2.75) is 32.2 Å². The number of thiophene rings is 1. The van der Waals surface area contributed by atoms with Gasteiger partial charge in [0.25, 0.3) is 5.91 Å². The number of fused-ring (bicyclic) bond motifs is 1. The second-order valence-electron chi connectivity index (χ2n) is 7.94. The molecule has 138 valence electrons. The molecule has 0 aliphatic carbocycles. The maximum Gasteiger partial charge on any atom is 0.267 e. The lowest BCUT2D eigenvalue weighted by Crippen LogP contribution is -2.34. The zero-order chi connectivity index (χ0) is 18.9. The van der Waals surface area contributed by atoms with Crippen LogP contribution in [0.2, 0.25) is 0 Å². The van der Waals surface area contributed by atoms with Crippen LogP contribution < -0.4 is 5.32 Å². The average Bonchev–Trinajstić information content (AvgIpc) is 3.22. The van der Waals surface area contributed by atoms with Crippen molar-refractivity contribution in [3.8, 4) is 0 Å². The van der Waals surface area contributed by atoms with Crippen LogP contribution in [-0.4, -0.2) is 36.4 Å². The molecule has 5 heteroatoms. The van der Waals surface area contributed by atoms with E-state index in [1.807, 2.05) is 26.2 Å². The van der Waals surface area contributed by atoms with Gasteiger partial charge >= 0.3 is 0 Å². The molecule has 0 aliphatic heterocycles. The predicted octanol–water partition coefficient (Wildman–Crippen LogP) is 4.56. The van der Waals surface area contributed by atoms with Crippen molar-refractivity contribution in [2.75, 3.05) is 20.6 Å². The van der Waals surface area contributed by atoms with Crippen molar-refractivity contribution in [2.24, 2.45) is 0 Å². The Kier molecular flexibility index (Phi) is 5.21. The smallest absolute Gasteiger partial charge is 0.267 e. The predicted molar refractivity (Wildman–Crippen MR) is 110 cm³/mol. The van der Waals surface area contributed by atoms with Gasteiger partial charge < -0.3 is 15.2 Å². The Morgan fingerprint density at radius 1 is 1.23 bits per heavy atom. The van der Waals surface area contributed by atoms with Gasteiger partial charge in [0, 0.05) is 22.3 Å². The van der Waals surface area contributed by atoms with Crippen LogP contribution in [-0.2, 0) is 5.41 Å². The summed E-state index contributed by atoms with van der Waals surface area (Å²) in [6, 6.07) is 12.6. The molecule has 2 N–H and O–H groups in total. The Morgan fingerprint density at radius 2 is 2.00 bits per heavy atom. The molecular formula is C21H27N3OS. The normalized spacial score (nSPS) is 13.3. The second kappa shape index (κ2) is 7.25. The van der Waals surface area contributed by atoms with Gasteiger partial charge in [0.1, 0.15) is 5.69 Å². The van der Waals surface area contributed by atoms with Crippen LogP contribution in [0.5, 0.6) is 0 Å². The summed E-state index contributed by atoms with van der Waals surface area (Å²) in [6.07, 6.45) is 0. The molecule has 2 heterocycles. The third-order valence-corrected chi connectivity index (χ3v) is 5.66. The Hall–Kier alpha value is -2.11. The molecular weight excluding hydrogens is 342 g/mol. The highest BCUT2D eigenvalue weighted by atomic mass is 32.1. The minimum atomic E-state index is -0.0677. The summed E-state index contributed by atoms with van der Waals surface area (Å²) in [5.74, 6) is -0.0677. The van der Waals surface area contributed by atoms with Gasteiger partial charge in [-0.1, -0.05) is 39.0 Å². The molecule has 1 atom stereocenters. The van der Waals surface area contributed by atoms with E-state index in [1.165, 1.54) is 10.4 Å². The summed E-state index contributed by atoms with van der Waals surface area (Å²) >= 11 is 1.71. The largest absolute Gasteiger partial charge is 0.351 e. The van der Waals surface area contributed by atoms with Gasteiger partial charge in [-0.2, -0.15) is 0 Å². The molecule has 0 fully saturated rings. The van der Waals surface area contributed by atoms with E-state index < -0.39 is 0 Å². The van der Waals surface area contributed by atoms with Gasteiger partial charge in [0.15, 0.2) is 0 Å². The number of aromatic amines is 1. The van der Waals surface area contributed by atoms with E-state index in [9.17, 15) is 4.79 Å². The van der Waals surface area contributed by atoms with Crippen molar-refractivity contribution in [1.29, 1.82) is 0 Å². The lowest BCUT2D eigenvalue weighted by atomic mass is 9.87. The lowest BCUT2D eigenvalue weighted by Gasteiger charge is -2.23. The fraction of sp³-hybridized carbons (Fsp3) is 0.381.